The minimum Gasteiger partial charge on any atom is -0.493 e. The van der Waals surface area contributed by atoms with Crippen LogP contribution in [0.25, 0.3) is 17.4 Å². The molecule has 0 radical (unpaired) electrons. The Kier molecular flexibility index (Phi) is 7.36. The Bertz CT molecular complexity index is 1140. The average Bonchev–Trinajstić information content (AvgIpc) is 3.25. The highest BCUT2D eigenvalue weighted by atomic mass is 35.5. The van der Waals surface area contributed by atoms with Gasteiger partial charge in [-0.2, -0.15) is 5.26 Å². The quantitative estimate of drug-likeness (QED) is 0.401. The van der Waals surface area contributed by atoms with Crippen LogP contribution in [-0.4, -0.2) is 26.7 Å². The lowest BCUT2D eigenvalue weighted by molar-refractivity contribution is -0.117. The van der Waals surface area contributed by atoms with Crippen LogP contribution in [-0.2, 0) is 11.2 Å². The molecule has 3 rings (SSSR count). The smallest absolute Gasteiger partial charge is 0.262 e. The molecular weight excluding hydrogens is 416 g/mol. The first kappa shape index (κ1) is 22.0. The van der Waals surface area contributed by atoms with Crippen molar-refractivity contribution in [3.05, 3.63) is 76.5 Å². The van der Waals surface area contributed by atoms with Gasteiger partial charge in [0, 0.05) is 18.2 Å². The summed E-state index contributed by atoms with van der Waals surface area (Å²) in [6.07, 6.45) is 1.98. The Labute approximate surface area is 185 Å². The number of amides is 1. The molecule has 0 aliphatic carbocycles. The first-order chi connectivity index (χ1) is 15.0. The van der Waals surface area contributed by atoms with Gasteiger partial charge >= 0.3 is 0 Å². The fourth-order valence-corrected chi connectivity index (χ4v) is 3.21. The van der Waals surface area contributed by atoms with Gasteiger partial charge < -0.3 is 19.2 Å². The molecular formula is C24H21ClN2O4. The standard InChI is InChI=1S/C24H21ClN2O4/c1-29-22-9-7-16(13-23(22)30-2)11-12-27-24(28)17(15-26)14-18-8-10-21(31-18)19-5-3-4-6-20(19)25/h3-10,13-14H,11-12H2,1-2H3,(H,27,28)/b17-14+. The van der Waals surface area contributed by atoms with E-state index in [9.17, 15) is 10.1 Å². The molecule has 0 saturated heterocycles. The van der Waals surface area contributed by atoms with Crippen LogP contribution in [0.5, 0.6) is 11.5 Å². The summed E-state index contributed by atoms with van der Waals surface area (Å²) in [4.78, 5) is 12.4. The molecule has 0 aliphatic heterocycles. The molecule has 0 atom stereocenters. The number of methoxy groups -OCH3 is 2. The molecule has 0 aliphatic rings. The third-order valence-corrected chi connectivity index (χ3v) is 4.89. The fourth-order valence-electron chi connectivity index (χ4n) is 2.98. The number of nitrogens with one attached hydrogen (secondary N) is 1. The maximum Gasteiger partial charge on any atom is 0.262 e. The lowest BCUT2D eigenvalue weighted by atomic mass is 10.1. The maximum absolute atomic E-state index is 12.4. The van der Waals surface area contributed by atoms with Crippen molar-refractivity contribution in [3.63, 3.8) is 0 Å². The molecule has 0 bridgehead atoms. The second-order valence-corrected chi connectivity index (χ2v) is 6.95. The van der Waals surface area contributed by atoms with Crippen LogP contribution in [0.3, 0.4) is 0 Å². The predicted molar refractivity (Wildman–Crippen MR) is 119 cm³/mol. The Hall–Kier alpha value is -3.69. The van der Waals surface area contributed by atoms with Crippen molar-refractivity contribution in [2.24, 2.45) is 0 Å². The van der Waals surface area contributed by atoms with Crippen molar-refractivity contribution in [1.29, 1.82) is 5.26 Å². The van der Waals surface area contributed by atoms with E-state index in [1.165, 1.54) is 6.08 Å². The van der Waals surface area contributed by atoms with Crippen LogP contribution in [0.4, 0.5) is 0 Å². The van der Waals surface area contributed by atoms with E-state index in [0.717, 1.165) is 11.1 Å². The Morgan fingerprint density at radius 2 is 1.90 bits per heavy atom. The molecule has 158 valence electrons. The SMILES string of the molecule is COc1ccc(CCNC(=O)/C(C#N)=C/c2ccc(-c3ccccc3Cl)o2)cc1OC. The van der Waals surface area contributed by atoms with E-state index in [2.05, 4.69) is 5.32 Å². The van der Waals surface area contributed by atoms with Crippen LogP contribution in [0, 0.1) is 11.3 Å². The number of carbonyl (C=O) groups is 1. The lowest BCUT2D eigenvalue weighted by Crippen LogP contribution is -2.26. The molecule has 0 fully saturated rings. The van der Waals surface area contributed by atoms with Gasteiger partial charge in [0.2, 0.25) is 0 Å². The maximum atomic E-state index is 12.4. The summed E-state index contributed by atoms with van der Waals surface area (Å²) in [6, 6.07) is 18.2. The molecule has 7 heteroatoms. The highest BCUT2D eigenvalue weighted by molar-refractivity contribution is 6.33. The van der Waals surface area contributed by atoms with Gasteiger partial charge in [0.15, 0.2) is 11.5 Å². The third-order valence-electron chi connectivity index (χ3n) is 4.56. The van der Waals surface area contributed by atoms with Crippen LogP contribution >= 0.6 is 11.6 Å². The molecule has 1 aromatic heterocycles. The van der Waals surface area contributed by atoms with E-state index in [-0.39, 0.29) is 5.57 Å². The molecule has 0 unspecified atom stereocenters. The topological polar surface area (TPSA) is 84.5 Å². The summed E-state index contributed by atoms with van der Waals surface area (Å²) < 4.78 is 16.2. The summed E-state index contributed by atoms with van der Waals surface area (Å²) in [7, 11) is 3.14. The van der Waals surface area contributed by atoms with E-state index in [4.69, 9.17) is 25.5 Å². The molecule has 1 amide bonds. The molecule has 0 spiro atoms. The number of ether oxygens (including phenoxy) is 2. The number of rotatable bonds is 8. The molecule has 0 saturated carbocycles. The van der Waals surface area contributed by atoms with Crippen molar-refractivity contribution in [2.75, 3.05) is 20.8 Å². The number of halogens is 1. The van der Waals surface area contributed by atoms with E-state index in [0.29, 0.717) is 41.0 Å². The zero-order chi connectivity index (χ0) is 22.2. The van der Waals surface area contributed by atoms with E-state index in [1.807, 2.05) is 42.5 Å². The van der Waals surface area contributed by atoms with Crippen molar-refractivity contribution in [2.45, 2.75) is 6.42 Å². The molecule has 1 N–H and O–H groups in total. The predicted octanol–water partition coefficient (Wildman–Crippen LogP) is 4.88. The Balaban J connectivity index is 1.64. The summed E-state index contributed by atoms with van der Waals surface area (Å²) >= 11 is 6.19. The van der Waals surface area contributed by atoms with E-state index < -0.39 is 5.91 Å². The number of hydrogen-bond acceptors (Lipinski definition) is 5. The summed E-state index contributed by atoms with van der Waals surface area (Å²) in [6.45, 7) is 0.358. The van der Waals surface area contributed by atoms with Gasteiger partial charge in [0.1, 0.15) is 23.2 Å². The van der Waals surface area contributed by atoms with Gasteiger partial charge in [-0.15, -0.1) is 0 Å². The van der Waals surface area contributed by atoms with Gasteiger partial charge in [-0.05, 0) is 48.4 Å². The summed E-state index contributed by atoms with van der Waals surface area (Å²) in [5.41, 5.74) is 1.66. The number of carbonyl (C=O) groups excluding carboxylic acids is 1. The van der Waals surface area contributed by atoms with Crippen LogP contribution in [0.2, 0.25) is 5.02 Å². The average molecular weight is 437 g/mol. The highest BCUT2D eigenvalue weighted by Crippen LogP contribution is 2.30. The molecule has 2 aromatic carbocycles. The number of furan rings is 1. The van der Waals surface area contributed by atoms with Gasteiger partial charge in [-0.1, -0.05) is 29.8 Å². The van der Waals surface area contributed by atoms with Crippen molar-refractivity contribution in [1.82, 2.24) is 5.32 Å². The van der Waals surface area contributed by atoms with E-state index in [1.54, 1.807) is 32.4 Å². The number of benzene rings is 2. The summed E-state index contributed by atoms with van der Waals surface area (Å²) in [5.74, 6) is 1.74. The minimum absolute atomic E-state index is 0.0487. The molecule has 3 aromatic rings. The highest BCUT2D eigenvalue weighted by Gasteiger charge is 2.12. The first-order valence-electron chi connectivity index (χ1n) is 9.51. The normalized spacial score (nSPS) is 11.0. The Morgan fingerprint density at radius 1 is 1.13 bits per heavy atom. The van der Waals surface area contributed by atoms with Gasteiger partial charge in [0.25, 0.3) is 5.91 Å². The second kappa shape index (κ2) is 10.4. The van der Waals surface area contributed by atoms with Gasteiger partial charge in [-0.3, -0.25) is 4.79 Å². The zero-order valence-electron chi connectivity index (χ0n) is 17.1. The fraction of sp³-hybridized carbons (Fsp3) is 0.167. The van der Waals surface area contributed by atoms with Crippen molar-refractivity contribution < 1.29 is 18.7 Å². The number of nitrogens with zero attached hydrogens (tertiary/aromatic N) is 1. The Morgan fingerprint density at radius 3 is 2.61 bits per heavy atom. The molecule has 1 heterocycles. The third kappa shape index (κ3) is 5.47. The van der Waals surface area contributed by atoms with Crippen molar-refractivity contribution >= 4 is 23.6 Å². The zero-order valence-corrected chi connectivity index (χ0v) is 17.9. The molecule has 31 heavy (non-hydrogen) atoms. The first-order valence-corrected chi connectivity index (χ1v) is 9.89. The largest absolute Gasteiger partial charge is 0.493 e. The van der Waals surface area contributed by atoms with Gasteiger partial charge in [0.05, 0.1) is 19.2 Å². The van der Waals surface area contributed by atoms with Gasteiger partial charge in [-0.25, -0.2) is 0 Å². The number of hydrogen-bond donors (Lipinski definition) is 1. The van der Waals surface area contributed by atoms with Crippen LogP contribution in [0.1, 0.15) is 11.3 Å². The number of nitriles is 1. The monoisotopic (exact) mass is 436 g/mol. The van der Waals surface area contributed by atoms with Crippen LogP contribution < -0.4 is 14.8 Å². The molecule has 6 nitrogen and oxygen atoms in total. The van der Waals surface area contributed by atoms with E-state index >= 15 is 0 Å². The lowest BCUT2D eigenvalue weighted by Gasteiger charge is -2.10. The summed E-state index contributed by atoms with van der Waals surface area (Å²) in [5, 5.41) is 12.7. The van der Waals surface area contributed by atoms with Crippen LogP contribution in [0.15, 0.2) is 64.6 Å². The second-order valence-electron chi connectivity index (χ2n) is 6.55. The van der Waals surface area contributed by atoms with Crippen molar-refractivity contribution in [3.8, 4) is 28.9 Å². The minimum atomic E-state index is -0.473.